The van der Waals surface area contributed by atoms with Gasteiger partial charge < -0.3 is 4.52 Å². The first-order valence-corrected chi connectivity index (χ1v) is 15.8. The van der Waals surface area contributed by atoms with Gasteiger partial charge in [0, 0.05) is 16.2 Å². The van der Waals surface area contributed by atoms with Gasteiger partial charge in [0.1, 0.15) is 5.69 Å². The number of rotatable bonds is 15. The SMILES string of the molecule is CCCCCCCCC1(CCCCCCCC)c2ccccc2-c2ccccc21.c1ccc(-c2conn2)cc1. The van der Waals surface area contributed by atoms with E-state index >= 15 is 0 Å². The molecule has 0 spiro atoms. The Bertz CT molecular complexity index is 1170. The molecule has 40 heavy (non-hydrogen) atoms. The van der Waals surface area contributed by atoms with Crippen molar-refractivity contribution in [2.45, 2.75) is 109 Å². The number of hydrogen-bond acceptors (Lipinski definition) is 3. The van der Waals surface area contributed by atoms with Gasteiger partial charge in [0.15, 0.2) is 6.26 Å². The fraction of sp³-hybridized carbons (Fsp3) is 0.459. The normalized spacial score (nSPS) is 12.8. The zero-order chi connectivity index (χ0) is 27.9. The van der Waals surface area contributed by atoms with Crippen LogP contribution in [0.4, 0.5) is 0 Å². The molecule has 0 saturated heterocycles. The molecule has 0 amide bonds. The summed E-state index contributed by atoms with van der Waals surface area (Å²) in [7, 11) is 0. The first kappa shape index (κ1) is 29.8. The van der Waals surface area contributed by atoms with E-state index in [0.29, 0.717) is 0 Å². The molecular weight excluding hydrogens is 488 g/mol. The molecule has 1 heterocycles. The number of nitrogens with zero attached hydrogens (tertiary/aromatic N) is 2. The highest BCUT2D eigenvalue weighted by Gasteiger charge is 2.41. The Morgan fingerprint density at radius 1 is 0.550 bits per heavy atom. The van der Waals surface area contributed by atoms with Gasteiger partial charge in [-0.05, 0) is 35.1 Å². The van der Waals surface area contributed by atoms with Crippen LogP contribution in [0.1, 0.15) is 115 Å². The fourth-order valence-electron chi connectivity index (χ4n) is 6.39. The van der Waals surface area contributed by atoms with Crippen LogP contribution in [0.5, 0.6) is 0 Å². The summed E-state index contributed by atoms with van der Waals surface area (Å²) >= 11 is 0. The topological polar surface area (TPSA) is 38.9 Å². The summed E-state index contributed by atoms with van der Waals surface area (Å²) in [5.41, 5.74) is 8.27. The van der Waals surface area contributed by atoms with Crippen LogP contribution in [-0.2, 0) is 5.41 Å². The van der Waals surface area contributed by atoms with Crippen molar-refractivity contribution in [2.24, 2.45) is 0 Å². The average Bonchev–Trinajstić information content (AvgIpc) is 3.64. The monoisotopic (exact) mass is 536 g/mol. The standard InChI is InChI=1S/C29H42.C8H6N2O/c1-3-5-7-9-11-17-23-29(24-18-12-10-8-6-4-2)27-21-15-13-19-25(27)26-20-14-16-22-28(26)29;1-2-4-7(5-3-1)8-6-11-10-9-8/h13-16,19-22H,3-12,17-18,23-24H2,1-2H3;1-6H. The van der Waals surface area contributed by atoms with Crippen molar-refractivity contribution < 1.29 is 4.52 Å². The molecule has 1 aliphatic rings. The van der Waals surface area contributed by atoms with Crippen LogP contribution >= 0.6 is 0 Å². The average molecular weight is 537 g/mol. The second-order valence-corrected chi connectivity index (χ2v) is 11.4. The van der Waals surface area contributed by atoms with Gasteiger partial charge in [-0.3, -0.25) is 0 Å². The zero-order valence-corrected chi connectivity index (χ0v) is 24.8. The van der Waals surface area contributed by atoms with Crippen LogP contribution in [-0.4, -0.2) is 10.4 Å². The molecule has 0 bridgehead atoms. The minimum atomic E-state index is 0.253. The maximum absolute atomic E-state index is 4.61. The van der Waals surface area contributed by atoms with Gasteiger partial charge in [0.05, 0.1) is 0 Å². The van der Waals surface area contributed by atoms with Gasteiger partial charge in [-0.1, -0.05) is 170 Å². The van der Waals surface area contributed by atoms with E-state index in [1.54, 1.807) is 11.1 Å². The summed E-state index contributed by atoms with van der Waals surface area (Å²) in [6.45, 7) is 4.61. The Balaban J connectivity index is 0.000000278. The summed E-state index contributed by atoms with van der Waals surface area (Å²) in [5.74, 6) is 0. The molecular formula is C37H48N2O. The van der Waals surface area contributed by atoms with Crippen LogP contribution < -0.4 is 0 Å². The zero-order valence-electron chi connectivity index (χ0n) is 24.8. The maximum atomic E-state index is 4.61. The minimum Gasteiger partial charge on any atom is -0.345 e. The Kier molecular flexibility index (Phi) is 12.0. The third kappa shape index (κ3) is 7.71. The number of hydrogen-bond donors (Lipinski definition) is 0. The van der Waals surface area contributed by atoms with Gasteiger partial charge in [-0.25, -0.2) is 0 Å². The highest BCUT2D eigenvalue weighted by atomic mass is 16.5. The minimum absolute atomic E-state index is 0.253. The lowest BCUT2D eigenvalue weighted by atomic mass is 9.70. The number of fused-ring (bicyclic) bond motifs is 3. The molecule has 0 aliphatic heterocycles. The van der Waals surface area contributed by atoms with Crippen molar-refractivity contribution in [2.75, 3.05) is 0 Å². The van der Waals surface area contributed by atoms with Gasteiger partial charge >= 0.3 is 0 Å². The second-order valence-electron chi connectivity index (χ2n) is 11.4. The first-order valence-electron chi connectivity index (χ1n) is 15.8. The fourth-order valence-corrected chi connectivity index (χ4v) is 6.39. The van der Waals surface area contributed by atoms with Crippen molar-refractivity contribution >= 4 is 0 Å². The van der Waals surface area contributed by atoms with Gasteiger partial charge in [-0.15, -0.1) is 5.10 Å². The molecule has 0 N–H and O–H groups in total. The highest BCUT2D eigenvalue weighted by Crippen LogP contribution is 2.54. The molecule has 212 valence electrons. The van der Waals surface area contributed by atoms with Crippen LogP contribution in [0.25, 0.3) is 22.4 Å². The van der Waals surface area contributed by atoms with Crippen LogP contribution in [0, 0.1) is 0 Å². The lowest BCUT2D eigenvalue weighted by Gasteiger charge is -2.33. The summed E-state index contributed by atoms with van der Waals surface area (Å²) in [4.78, 5) is 0. The third-order valence-corrected chi connectivity index (χ3v) is 8.52. The number of aromatic nitrogens is 2. The molecule has 3 heteroatoms. The van der Waals surface area contributed by atoms with Gasteiger partial charge in [-0.2, -0.15) is 0 Å². The highest BCUT2D eigenvalue weighted by molar-refractivity contribution is 5.80. The van der Waals surface area contributed by atoms with E-state index in [1.807, 2.05) is 30.3 Å². The Labute approximate surface area is 242 Å². The van der Waals surface area contributed by atoms with Crippen LogP contribution in [0.2, 0.25) is 0 Å². The molecule has 1 aromatic heterocycles. The lowest BCUT2D eigenvalue weighted by Crippen LogP contribution is -2.25. The maximum Gasteiger partial charge on any atom is 0.152 e. The molecule has 3 nitrogen and oxygen atoms in total. The molecule has 3 aromatic carbocycles. The molecule has 0 fully saturated rings. The van der Waals surface area contributed by atoms with Crippen LogP contribution in [0.3, 0.4) is 0 Å². The number of unbranched alkanes of at least 4 members (excludes halogenated alkanes) is 10. The van der Waals surface area contributed by atoms with Gasteiger partial charge in [0.2, 0.25) is 0 Å². The van der Waals surface area contributed by atoms with Crippen molar-refractivity contribution in [1.29, 1.82) is 0 Å². The lowest BCUT2D eigenvalue weighted by molar-refractivity contribution is 0.393. The number of benzene rings is 3. The summed E-state index contributed by atoms with van der Waals surface area (Å²) in [5, 5.41) is 7.14. The smallest absolute Gasteiger partial charge is 0.152 e. The molecule has 1 aliphatic carbocycles. The summed E-state index contributed by atoms with van der Waals surface area (Å²) in [6.07, 6.45) is 20.8. The van der Waals surface area contributed by atoms with E-state index in [2.05, 4.69) is 77.3 Å². The first-order chi connectivity index (χ1) is 19.8. The predicted octanol–water partition coefficient (Wildman–Crippen LogP) is 11.2. The molecule has 5 rings (SSSR count). The van der Waals surface area contributed by atoms with E-state index in [0.717, 1.165) is 11.3 Å². The van der Waals surface area contributed by atoms with Crippen LogP contribution in [0.15, 0.2) is 89.6 Å². The van der Waals surface area contributed by atoms with E-state index in [1.165, 1.54) is 107 Å². The summed E-state index contributed by atoms with van der Waals surface area (Å²) in [6, 6.07) is 28.3. The summed E-state index contributed by atoms with van der Waals surface area (Å²) < 4.78 is 4.61. The predicted molar refractivity (Wildman–Crippen MR) is 168 cm³/mol. The Morgan fingerprint density at radius 3 is 1.52 bits per heavy atom. The quantitative estimate of drug-likeness (QED) is 0.142. The second kappa shape index (κ2) is 16.2. The molecule has 0 atom stereocenters. The van der Waals surface area contributed by atoms with E-state index < -0.39 is 0 Å². The van der Waals surface area contributed by atoms with E-state index in [-0.39, 0.29) is 5.41 Å². The third-order valence-electron chi connectivity index (χ3n) is 8.52. The Hall–Kier alpha value is -3.20. The van der Waals surface area contributed by atoms with E-state index in [4.69, 9.17) is 0 Å². The largest absolute Gasteiger partial charge is 0.345 e. The van der Waals surface area contributed by atoms with E-state index in [9.17, 15) is 0 Å². The molecule has 0 unspecified atom stereocenters. The molecule has 0 saturated carbocycles. The molecule has 4 aromatic rings. The Morgan fingerprint density at radius 2 is 1.02 bits per heavy atom. The van der Waals surface area contributed by atoms with Crippen molar-refractivity contribution in [1.82, 2.24) is 10.4 Å². The van der Waals surface area contributed by atoms with Crippen molar-refractivity contribution in [3.8, 4) is 22.4 Å². The van der Waals surface area contributed by atoms with Gasteiger partial charge in [0.25, 0.3) is 0 Å². The van der Waals surface area contributed by atoms with Crippen molar-refractivity contribution in [3.63, 3.8) is 0 Å². The molecule has 0 radical (unpaired) electrons. The van der Waals surface area contributed by atoms with Crippen molar-refractivity contribution in [3.05, 3.63) is 96.3 Å².